The van der Waals surface area contributed by atoms with Gasteiger partial charge in [-0.15, -0.1) is 0 Å². The quantitative estimate of drug-likeness (QED) is 0.878. The van der Waals surface area contributed by atoms with Gasteiger partial charge < -0.3 is 10.4 Å². The Bertz CT molecular complexity index is 594. The predicted molar refractivity (Wildman–Crippen MR) is 86.3 cm³/mol. The van der Waals surface area contributed by atoms with E-state index in [4.69, 9.17) is 0 Å². The maximum absolute atomic E-state index is 9.67. The lowest BCUT2D eigenvalue weighted by molar-refractivity contribution is 0.235. The van der Waals surface area contributed by atoms with E-state index < -0.39 is 0 Å². The maximum Gasteiger partial charge on any atom is 0.0626 e. The van der Waals surface area contributed by atoms with Crippen molar-refractivity contribution in [3.8, 4) is 0 Å². The van der Waals surface area contributed by atoms with Gasteiger partial charge in [0.2, 0.25) is 0 Å². The molecule has 21 heavy (non-hydrogen) atoms. The average molecular weight is 281 g/mol. The molecule has 0 saturated heterocycles. The first-order valence-electron chi connectivity index (χ1n) is 7.81. The van der Waals surface area contributed by atoms with Crippen molar-refractivity contribution in [1.29, 1.82) is 0 Å². The number of hydrogen-bond donors (Lipinski definition) is 2. The van der Waals surface area contributed by atoms with Crippen LogP contribution in [0.15, 0.2) is 48.5 Å². The van der Waals surface area contributed by atoms with Crippen molar-refractivity contribution in [1.82, 2.24) is 5.32 Å². The molecule has 0 radical (unpaired) electrons. The smallest absolute Gasteiger partial charge is 0.0626 e. The van der Waals surface area contributed by atoms with Crippen LogP contribution in [0.4, 0.5) is 0 Å². The highest BCUT2D eigenvalue weighted by molar-refractivity contribution is 5.36. The van der Waals surface area contributed by atoms with Crippen LogP contribution >= 0.6 is 0 Å². The molecule has 0 spiro atoms. The Morgan fingerprint density at radius 3 is 2.52 bits per heavy atom. The van der Waals surface area contributed by atoms with Crippen molar-refractivity contribution in [2.45, 2.75) is 38.3 Å². The molecule has 0 amide bonds. The molecule has 0 heterocycles. The van der Waals surface area contributed by atoms with Crippen molar-refractivity contribution < 1.29 is 5.11 Å². The van der Waals surface area contributed by atoms with Gasteiger partial charge in [0.25, 0.3) is 0 Å². The molecule has 2 N–H and O–H groups in total. The summed E-state index contributed by atoms with van der Waals surface area (Å²) in [7, 11) is 0. The Hall–Kier alpha value is -1.64. The molecule has 3 rings (SSSR count). The maximum atomic E-state index is 9.67. The summed E-state index contributed by atoms with van der Waals surface area (Å²) in [5.74, 6) is 0. The molecule has 2 aromatic rings. The third-order valence-electron chi connectivity index (χ3n) is 4.46. The molecule has 0 fully saturated rings. The molecule has 0 bridgehead atoms. The Balaban J connectivity index is 1.74. The van der Waals surface area contributed by atoms with Crippen LogP contribution in [0.3, 0.4) is 0 Å². The monoisotopic (exact) mass is 281 g/mol. The molecular weight excluding hydrogens is 258 g/mol. The van der Waals surface area contributed by atoms with Gasteiger partial charge in [-0.3, -0.25) is 0 Å². The molecule has 1 aliphatic rings. The van der Waals surface area contributed by atoms with Crippen molar-refractivity contribution >= 4 is 0 Å². The Morgan fingerprint density at radius 1 is 1.00 bits per heavy atom. The third-order valence-corrected chi connectivity index (χ3v) is 4.46. The van der Waals surface area contributed by atoms with E-state index in [1.165, 1.54) is 36.0 Å². The first kappa shape index (κ1) is 14.3. The van der Waals surface area contributed by atoms with E-state index in [1.54, 1.807) is 0 Å². The first-order chi connectivity index (χ1) is 10.3. The summed E-state index contributed by atoms with van der Waals surface area (Å²) in [6, 6.07) is 17.2. The van der Waals surface area contributed by atoms with Crippen LogP contribution in [0.2, 0.25) is 0 Å². The van der Waals surface area contributed by atoms with Crippen LogP contribution in [0.5, 0.6) is 0 Å². The van der Waals surface area contributed by atoms with Crippen LogP contribution in [-0.4, -0.2) is 11.7 Å². The minimum Gasteiger partial charge on any atom is -0.394 e. The lowest BCUT2D eigenvalue weighted by Gasteiger charge is -2.23. The number of nitrogens with one attached hydrogen (secondary N) is 1. The molecule has 2 aromatic carbocycles. The van der Waals surface area contributed by atoms with Crippen molar-refractivity contribution in [3.63, 3.8) is 0 Å². The summed E-state index contributed by atoms with van der Waals surface area (Å²) in [4.78, 5) is 0. The van der Waals surface area contributed by atoms with E-state index in [1.807, 2.05) is 18.2 Å². The van der Waals surface area contributed by atoms with Crippen LogP contribution in [0.1, 0.15) is 47.7 Å². The van der Waals surface area contributed by atoms with Crippen molar-refractivity contribution in [3.05, 3.63) is 70.8 Å². The zero-order valence-corrected chi connectivity index (χ0v) is 12.5. The van der Waals surface area contributed by atoms with Crippen molar-refractivity contribution in [2.24, 2.45) is 0 Å². The summed E-state index contributed by atoms with van der Waals surface area (Å²) in [5, 5.41) is 13.2. The predicted octanol–water partition coefficient (Wildman–Crippen LogP) is 3.56. The molecular formula is C19H23NO. The summed E-state index contributed by atoms with van der Waals surface area (Å²) >= 11 is 0. The number of hydrogen-bond acceptors (Lipinski definition) is 2. The molecule has 110 valence electrons. The highest BCUT2D eigenvalue weighted by atomic mass is 16.3. The standard InChI is InChI=1S/C19H23NO/c1-14(17-11-10-15-8-5-9-18(15)12-17)20-19(13-21)16-6-3-2-4-7-16/h2-4,6-7,10-12,14,19-21H,5,8-9,13H2,1H3/t14?,19-/m0/s1. The van der Waals surface area contributed by atoms with Gasteiger partial charge in [-0.2, -0.15) is 0 Å². The summed E-state index contributed by atoms with van der Waals surface area (Å²) in [6.45, 7) is 2.28. The van der Waals surface area contributed by atoms with E-state index in [-0.39, 0.29) is 18.7 Å². The van der Waals surface area contributed by atoms with E-state index >= 15 is 0 Å². The van der Waals surface area contributed by atoms with Gasteiger partial charge in [-0.05, 0) is 48.4 Å². The minimum absolute atomic E-state index is 0.0190. The van der Waals surface area contributed by atoms with Crippen LogP contribution in [0.25, 0.3) is 0 Å². The summed E-state index contributed by atoms with van der Waals surface area (Å²) in [6.07, 6.45) is 3.71. The Labute approximate surface area is 126 Å². The highest BCUT2D eigenvalue weighted by Gasteiger charge is 2.17. The number of aliphatic hydroxyl groups is 1. The number of aliphatic hydroxyl groups excluding tert-OH is 1. The zero-order valence-electron chi connectivity index (χ0n) is 12.5. The van der Waals surface area contributed by atoms with E-state index in [0.29, 0.717) is 0 Å². The Morgan fingerprint density at radius 2 is 1.76 bits per heavy atom. The van der Waals surface area contributed by atoms with Gasteiger partial charge in [0, 0.05) is 6.04 Å². The largest absolute Gasteiger partial charge is 0.394 e. The van der Waals surface area contributed by atoms with Crippen molar-refractivity contribution in [2.75, 3.05) is 6.61 Å². The van der Waals surface area contributed by atoms with Crippen LogP contribution < -0.4 is 5.32 Å². The second kappa shape index (κ2) is 6.42. The molecule has 1 aliphatic carbocycles. The summed E-state index contributed by atoms with van der Waals surface area (Å²) < 4.78 is 0. The van der Waals surface area contributed by atoms with E-state index in [9.17, 15) is 5.11 Å². The molecule has 2 heteroatoms. The van der Waals surface area contributed by atoms with E-state index in [0.717, 1.165) is 5.56 Å². The number of benzene rings is 2. The average Bonchev–Trinajstić information content (AvgIpc) is 3.00. The first-order valence-corrected chi connectivity index (χ1v) is 7.81. The SMILES string of the molecule is CC(N[C@@H](CO)c1ccccc1)c1ccc2c(c1)CCC2. The molecule has 2 nitrogen and oxygen atoms in total. The van der Waals surface area contributed by atoms with Crippen LogP contribution in [0, 0.1) is 0 Å². The lowest BCUT2D eigenvalue weighted by atomic mass is 10.00. The fraction of sp³-hybridized carbons (Fsp3) is 0.368. The molecule has 0 saturated carbocycles. The van der Waals surface area contributed by atoms with Gasteiger partial charge in [-0.1, -0.05) is 48.5 Å². The fourth-order valence-electron chi connectivity index (χ4n) is 3.20. The molecule has 0 aliphatic heterocycles. The number of aryl methyl sites for hydroxylation is 2. The molecule has 2 atom stereocenters. The molecule has 0 aromatic heterocycles. The van der Waals surface area contributed by atoms with Gasteiger partial charge in [0.1, 0.15) is 0 Å². The van der Waals surface area contributed by atoms with Gasteiger partial charge in [0.15, 0.2) is 0 Å². The van der Waals surface area contributed by atoms with Gasteiger partial charge in [-0.25, -0.2) is 0 Å². The topological polar surface area (TPSA) is 32.3 Å². The zero-order chi connectivity index (χ0) is 14.7. The van der Waals surface area contributed by atoms with Gasteiger partial charge in [0.05, 0.1) is 12.6 Å². The van der Waals surface area contributed by atoms with E-state index in [2.05, 4.69) is 42.6 Å². The Kier molecular flexibility index (Phi) is 4.37. The second-order valence-electron chi connectivity index (χ2n) is 5.92. The number of fused-ring (bicyclic) bond motifs is 1. The van der Waals surface area contributed by atoms with Gasteiger partial charge >= 0.3 is 0 Å². The summed E-state index contributed by atoms with van der Waals surface area (Å²) in [5.41, 5.74) is 5.45. The third kappa shape index (κ3) is 3.17. The van der Waals surface area contributed by atoms with Crippen LogP contribution in [-0.2, 0) is 12.8 Å². The minimum atomic E-state index is -0.0190. The highest BCUT2D eigenvalue weighted by Crippen LogP contribution is 2.26. The number of rotatable bonds is 5. The fourth-order valence-corrected chi connectivity index (χ4v) is 3.20. The normalized spacial score (nSPS) is 16.5. The lowest BCUT2D eigenvalue weighted by Crippen LogP contribution is -2.27. The molecule has 1 unspecified atom stereocenters. The second-order valence-corrected chi connectivity index (χ2v) is 5.92.